The number of pyridine rings is 1. The third-order valence-corrected chi connectivity index (χ3v) is 5.18. The van der Waals surface area contributed by atoms with Gasteiger partial charge in [-0.3, -0.25) is 0 Å². The predicted octanol–water partition coefficient (Wildman–Crippen LogP) is 4.16. The van der Waals surface area contributed by atoms with Crippen LogP contribution < -0.4 is 4.90 Å². The normalized spacial score (nSPS) is 18.8. The van der Waals surface area contributed by atoms with Crippen LogP contribution in [0.2, 0.25) is 0 Å². The zero-order chi connectivity index (χ0) is 12.5. The molecule has 0 amide bonds. The van der Waals surface area contributed by atoms with Gasteiger partial charge in [0.2, 0.25) is 0 Å². The van der Waals surface area contributed by atoms with Gasteiger partial charge < -0.3 is 4.90 Å². The number of hydrogen-bond acceptors (Lipinski definition) is 3. The van der Waals surface area contributed by atoms with Crippen LogP contribution in [0.15, 0.2) is 29.8 Å². The van der Waals surface area contributed by atoms with Gasteiger partial charge in [-0.25, -0.2) is 4.98 Å². The van der Waals surface area contributed by atoms with Crippen molar-refractivity contribution in [3.8, 4) is 0 Å². The van der Waals surface area contributed by atoms with E-state index in [1.54, 1.807) is 0 Å². The lowest BCUT2D eigenvalue weighted by Crippen LogP contribution is -2.33. The largest absolute Gasteiger partial charge is 0.349 e. The van der Waals surface area contributed by atoms with Crippen LogP contribution in [0.25, 0.3) is 0 Å². The number of anilines is 1. The van der Waals surface area contributed by atoms with Gasteiger partial charge in [-0.05, 0) is 42.0 Å². The van der Waals surface area contributed by atoms with E-state index in [2.05, 4.69) is 56.3 Å². The minimum atomic E-state index is 0.433. The molecule has 0 aliphatic carbocycles. The summed E-state index contributed by atoms with van der Waals surface area (Å²) in [6.45, 7) is 3.33. The van der Waals surface area contributed by atoms with Crippen molar-refractivity contribution in [3.05, 3.63) is 45.8 Å². The lowest BCUT2D eigenvalue weighted by atomic mass is 10.0. The van der Waals surface area contributed by atoms with Gasteiger partial charge in [0.15, 0.2) is 0 Å². The molecule has 2 aromatic rings. The van der Waals surface area contributed by atoms with Crippen molar-refractivity contribution in [2.45, 2.75) is 24.7 Å². The monoisotopic (exact) mass is 322 g/mol. The molecule has 2 aromatic heterocycles. The van der Waals surface area contributed by atoms with E-state index < -0.39 is 0 Å². The molecule has 1 atom stereocenters. The number of alkyl halides is 1. The molecule has 0 fully saturated rings. The van der Waals surface area contributed by atoms with E-state index in [4.69, 9.17) is 0 Å². The molecule has 3 heterocycles. The van der Waals surface area contributed by atoms with Crippen molar-refractivity contribution in [2.24, 2.45) is 0 Å². The van der Waals surface area contributed by atoms with Crippen molar-refractivity contribution in [3.63, 3.8) is 0 Å². The van der Waals surface area contributed by atoms with Gasteiger partial charge in [-0.2, -0.15) is 0 Å². The van der Waals surface area contributed by atoms with Gasteiger partial charge >= 0.3 is 0 Å². The van der Waals surface area contributed by atoms with Gasteiger partial charge in [0.25, 0.3) is 0 Å². The smallest absolute Gasteiger partial charge is 0.128 e. The Morgan fingerprint density at radius 1 is 1.44 bits per heavy atom. The number of nitrogens with zero attached hydrogens (tertiary/aromatic N) is 2. The first-order valence-corrected chi connectivity index (χ1v) is 8.13. The van der Waals surface area contributed by atoms with Gasteiger partial charge in [0, 0.05) is 22.9 Å². The molecule has 3 rings (SSSR count). The molecule has 2 nitrogen and oxygen atoms in total. The summed E-state index contributed by atoms with van der Waals surface area (Å²) in [5, 5.41) is 3.07. The molecule has 0 spiro atoms. The number of halogens is 1. The van der Waals surface area contributed by atoms with Crippen LogP contribution in [0.4, 0.5) is 5.82 Å². The van der Waals surface area contributed by atoms with Gasteiger partial charge in [-0.15, -0.1) is 11.3 Å². The maximum Gasteiger partial charge on any atom is 0.128 e. The Hall–Kier alpha value is -0.870. The fraction of sp³-hybridized carbons (Fsp3) is 0.357. The van der Waals surface area contributed by atoms with E-state index in [0.717, 1.165) is 24.1 Å². The summed E-state index contributed by atoms with van der Waals surface area (Å²) in [4.78, 5) is 8.51. The maximum absolute atomic E-state index is 4.58. The molecule has 4 heteroatoms. The standard InChI is InChI=1S/C14H15BrN2S/c1-10-12-5-7-18-13(12)4-6-17(10)14-3-2-11(8-15)9-16-14/h2-3,5,7,9-10H,4,6,8H2,1H3. The third-order valence-electron chi connectivity index (χ3n) is 3.53. The Kier molecular flexibility index (Phi) is 3.39. The second kappa shape index (κ2) is 5.02. The third kappa shape index (κ3) is 2.08. The minimum Gasteiger partial charge on any atom is -0.349 e. The average Bonchev–Trinajstić information content (AvgIpc) is 2.89. The van der Waals surface area contributed by atoms with Crippen LogP contribution in [0.1, 0.15) is 29.0 Å². The van der Waals surface area contributed by atoms with Gasteiger partial charge in [0.1, 0.15) is 5.82 Å². The molecular weight excluding hydrogens is 308 g/mol. The van der Waals surface area contributed by atoms with E-state index in [0.29, 0.717) is 6.04 Å². The van der Waals surface area contributed by atoms with Crippen LogP contribution in [-0.2, 0) is 11.8 Å². The Balaban J connectivity index is 1.89. The molecule has 0 saturated heterocycles. The molecule has 94 valence electrons. The lowest BCUT2D eigenvalue weighted by Gasteiger charge is -2.34. The lowest BCUT2D eigenvalue weighted by molar-refractivity contribution is 0.625. The molecule has 1 aliphatic heterocycles. The predicted molar refractivity (Wildman–Crippen MR) is 80.7 cm³/mol. The molecule has 0 radical (unpaired) electrons. The van der Waals surface area contributed by atoms with Crippen LogP contribution in [0.5, 0.6) is 0 Å². The molecule has 18 heavy (non-hydrogen) atoms. The van der Waals surface area contributed by atoms with Gasteiger partial charge in [0.05, 0.1) is 6.04 Å². The molecule has 0 bridgehead atoms. The number of fused-ring (bicyclic) bond motifs is 1. The summed E-state index contributed by atoms with van der Waals surface area (Å²) < 4.78 is 0. The fourth-order valence-electron chi connectivity index (χ4n) is 2.49. The van der Waals surface area contributed by atoms with E-state index in [-0.39, 0.29) is 0 Å². The molecule has 0 saturated carbocycles. The minimum absolute atomic E-state index is 0.433. The number of aromatic nitrogens is 1. The number of thiophene rings is 1. The summed E-state index contributed by atoms with van der Waals surface area (Å²) in [7, 11) is 0. The van der Waals surface area contributed by atoms with Gasteiger partial charge in [-0.1, -0.05) is 22.0 Å². The summed E-state index contributed by atoms with van der Waals surface area (Å²) in [6, 6.07) is 6.96. The second-order valence-electron chi connectivity index (χ2n) is 4.58. The van der Waals surface area contributed by atoms with E-state index in [9.17, 15) is 0 Å². The van der Waals surface area contributed by atoms with Crippen molar-refractivity contribution in [1.82, 2.24) is 4.98 Å². The zero-order valence-corrected chi connectivity index (χ0v) is 12.7. The number of rotatable bonds is 2. The summed E-state index contributed by atoms with van der Waals surface area (Å²) in [6.07, 6.45) is 3.10. The van der Waals surface area contributed by atoms with Crippen LogP contribution in [0, 0.1) is 0 Å². The first kappa shape index (κ1) is 12.2. The molecule has 1 unspecified atom stereocenters. The van der Waals surface area contributed by atoms with Crippen molar-refractivity contribution in [2.75, 3.05) is 11.4 Å². The van der Waals surface area contributed by atoms with Crippen LogP contribution >= 0.6 is 27.3 Å². The first-order chi connectivity index (χ1) is 8.79. The Morgan fingerprint density at radius 2 is 2.33 bits per heavy atom. The molecule has 0 N–H and O–H groups in total. The highest BCUT2D eigenvalue weighted by atomic mass is 79.9. The van der Waals surface area contributed by atoms with Crippen molar-refractivity contribution >= 4 is 33.1 Å². The Bertz CT molecular complexity index is 535. The Labute approximate surface area is 120 Å². The summed E-state index contributed by atoms with van der Waals surface area (Å²) in [5.41, 5.74) is 2.69. The first-order valence-electron chi connectivity index (χ1n) is 6.13. The highest BCUT2D eigenvalue weighted by Crippen LogP contribution is 2.35. The fourth-order valence-corrected chi connectivity index (χ4v) is 3.78. The quantitative estimate of drug-likeness (QED) is 0.772. The molecule has 1 aliphatic rings. The van der Waals surface area contributed by atoms with Crippen molar-refractivity contribution < 1.29 is 0 Å². The van der Waals surface area contributed by atoms with E-state index in [1.165, 1.54) is 16.0 Å². The second-order valence-corrected chi connectivity index (χ2v) is 6.14. The SMILES string of the molecule is CC1c2ccsc2CCN1c1ccc(CBr)cn1. The highest BCUT2D eigenvalue weighted by Gasteiger charge is 2.25. The van der Waals surface area contributed by atoms with Crippen molar-refractivity contribution in [1.29, 1.82) is 0 Å². The molecular formula is C14H15BrN2S. The van der Waals surface area contributed by atoms with E-state index >= 15 is 0 Å². The average molecular weight is 323 g/mol. The molecule has 0 aromatic carbocycles. The topological polar surface area (TPSA) is 16.1 Å². The highest BCUT2D eigenvalue weighted by molar-refractivity contribution is 9.08. The van der Waals surface area contributed by atoms with Crippen LogP contribution in [-0.4, -0.2) is 11.5 Å². The summed E-state index contributed by atoms with van der Waals surface area (Å²) >= 11 is 5.33. The zero-order valence-electron chi connectivity index (χ0n) is 10.3. The Morgan fingerprint density at radius 3 is 3.06 bits per heavy atom. The number of hydrogen-bond donors (Lipinski definition) is 0. The maximum atomic E-state index is 4.58. The summed E-state index contributed by atoms with van der Waals surface area (Å²) in [5.74, 6) is 1.09. The van der Waals surface area contributed by atoms with E-state index in [1.807, 2.05) is 17.5 Å². The van der Waals surface area contributed by atoms with Crippen LogP contribution in [0.3, 0.4) is 0 Å².